The normalized spacial score (nSPS) is 12.4. The summed E-state index contributed by atoms with van der Waals surface area (Å²) in [6, 6.07) is 12.9. The van der Waals surface area contributed by atoms with Crippen LogP contribution in [0.1, 0.15) is 15.9 Å². The first kappa shape index (κ1) is 13.5. The van der Waals surface area contributed by atoms with Crippen LogP contribution in [0.15, 0.2) is 54.6 Å². The number of hydrogen-bond acceptors (Lipinski definition) is 4. The minimum Gasteiger partial charge on any atom is -0.508 e. The van der Waals surface area contributed by atoms with Crippen LogP contribution in [0.4, 0.5) is 0 Å². The molecule has 0 atom stereocenters. The Morgan fingerprint density at radius 1 is 0.750 bits per heavy atom. The van der Waals surface area contributed by atoms with Crippen molar-refractivity contribution >= 4 is 17.6 Å². The molecule has 0 spiro atoms. The molecule has 0 aromatic heterocycles. The van der Waals surface area contributed by atoms with Gasteiger partial charge in [-0.15, -0.1) is 0 Å². The summed E-state index contributed by atoms with van der Waals surface area (Å²) in [5, 5.41) is 17.3. The minimum atomic E-state index is -0.436. The van der Waals surface area contributed by atoms with Crippen molar-refractivity contribution in [2.75, 3.05) is 0 Å². The number of hydrogen-bond donors (Lipinski definition) is 2. The first-order valence-corrected chi connectivity index (χ1v) is 5.91. The Kier molecular flexibility index (Phi) is 3.96. The van der Waals surface area contributed by atoms with Crippen molar-refractivity contribution in [1.29, 1.82) is 0 Å². The van der Waals surface area contributed by atoms with Crippen LogP contribution in [0, 0.1) is 0 Å². The molecule has 1 aliphatic carbocycles. The fourth-order valence-electron chi connectivity index (χ4n) is 1.72. The topological polar surface area (TPSA) is 74.6 Å². The number of Topliss-reactive ketones (excluding diaryl/α,β-unsaturated/α-hetero) is 1. The smallest absolute Gasteiger partial charge is 0.233 e. The molecule has 0 bridgehead atoms. The molecule has 0 saturated carbocycles. The van der Waals surface area contributed by atoms with E-state index in [1.165, 1.54) is 24.3 Å². The van der Waals surface area contributed by atoms with E-state index in [0.717, 1.165) is 5.56 Å². The third kappa shape index (κ3) is 3.11. The van der Waals surface area contributed by atoms with Crippen molar-refractivity contribution < 1.29 is 19.8 Å². The molecular weight excluding hydrogens is 256 g/mol. The summed E-state index contributed by atoms with van der Waals surface area (Å²) in [5.41, 5.74) is 1.33. The van der Waals surface area contributed by atoms with E-state index in [1.54, 1.807) is 24.3 Å². The average Bonchev–Trinajstić information content (AvgIpc) is 2.44. The SMILES string of the molecule is O=C1C=Cc2ccccc2C1=O.Oc1cccc(O)c1. The number of ketones is 2. The summed E-state index contributed by atoms with van der Waals surface area (Å²) < 4.78 is 0. The summed E-state index contributed by atoms with van der Waals surface area (Å²) in [7, 11) is 0. The number of aromatic hydroxyl groups is 2. The van der Waals surface area contributed by atoms with Crippen LogP contribution in [0.2, 0.25) is 0 Å². The van der Waals surface area contributed by atoms with Gasteiger partial charge in [-0.1, -0.05) is 36.4 Å². The van der Waals surface area contributed by atoms with Crippen molar-refractivity contribution in [1.82, 2.24) is 0 Å². The Bertz CT molecular complexity index is 669. The summed E-state index contributed by atoms with van der Waals surface area (Å²) in [6.07, 6.45) is 2.98. The second kappa shape index (κ2) is 5.84. The number of benzene rings is 2. The Labute approximate surface area is 115 Å². The Morgan fingerprint density at radius 2 is 1.40 bits per heavy atom. The van der Waals surface area contributed by atoms with Gasteiger partial charge in [-0.25, -0.2) is 0 Å². The van der Waals surface area contributed by atoms with Crippen molar-refractivity contribution in [2.45, 2.75) is 0 Å². The highest BCUT2D eigenvalue weighted by Gasteiger charge is 2.19. The van der Waals surface area contributed by atoms with Crippen molar-refractivity contribution in [3.05, 3.63) is 65.7 Å². The lowest BCUT2D eigenvalue weighted by molar-refractivity contribution is -0.110. The maximum Gasteiger partial charge on any atom is 0.233 e. The molecule has 2 N–H and O–H groups in total. The van der Waals surface area contributed by atoms with E-state index in [2.05, 4.69) is 0 Å². The van der Waals surface area contributed by atoms with E-state index >= 15 is 0 Å². The van der Waals surface area contributed by atoms with Gasteiger partial charge in [0.25, 0.3) is 0 Å². The van der Waals surface area contributed by atoms with E-state index in [1.807, 2.05) is 12.1 Å². The molecule has 0 amide bonds. The molecule has 0 aliphatic heterocycles. The lowest BCUT2D eigenvalue weighted by atomic mass is 9.96. The Morgan fingerprint density at radius 3 is 2.00 bits per heavy atom. The van der Waals surface area contributed by atoms with Crippen molar-refractivity contribution in [2.24, 2.45) is 0 Å². The predicted octanol–water partition coefficient (Wildman–Crippen LogP) is 2.56. The van der Waals surface area contributed by atoms with Gasteiger partial charge in [-0.05, 0) is 23.8 Å². The van der Waals surface area contributed by atoms with Gasteiger partial charge in [0.1, 0.15) is 11.5 Å². The summed E-state index contributed by atoms with van der Waals surface area (Å²) in [4.78, 5) is 22.1. The molecule has 0 fully saturated rings. The molecule has 0 radical (unpaired) electrons. The minimum absolute atomic E-state index is 0.0880. The van der Waals surface area contributed by atoms with Gasteiger partial charge in [0.15, 0.2) is 0 Å². The number of allylic oxidation sites excluding steroid dienone is 1. The molecule has 4 nitrogen and oxygen atoms in total. The van der Waals surface area contributed by atoms with Crippen molar-refractivity contribution in [3.63, 3.8) is 0 Å². The zero-order chi connectivity index (χ0) is 14.5. The molecule has 0 heterocycles. The Balaban J connectivity index is 0.000000160. The number of carbonyl (C=O) groups is 2. The second-order valence-corrected chi connectivity index (χ2v) is 4.13. The molecule has 4 heteroatoms. The summed E-state index contributed by atoms with van der Waals surface area (Å²) in [6.45, 7) is 0. The van der Waals surface area contributed by atoms with Gasteiger partial charge in [0.05, 0.1) is 0 Å². The monoisotopic (exact) mass is 268 g/mol. The van der Waals surface area contributed by atoms with Gasteiger partial charge in [-0.3, -0.25) is 9.59 Å². The zero-order valence-electron chi connectivity index (χ0n) is 10.5. The predicted molar refractivity (Wildman–Crippen MR) is 74.6 cm³/mol. The van der Waals surface area contributed by atoms with E-state index in [4.69, 9.17) is 10.2 Å². The molecule has 1 aliphatic rings. The van der Waals surface area contributed by atoms with Gasteiger partial charge < -0.3 is 10.2 Å². The number of phenols is 2. The largest absolute Gasteiger partial charge is 0.508 e. The van der Waals surface area contributed by atoms with Crippen LogP contribution in [0.3, 0.4) is 0 Å². The third-order valence-electron chi connectivity index (χ3n) is 2.67. The molecule has 3 rings (SSSR count). The van der Waals surface area contributed by atoms with E-state index < -0.39 is 11.6 Å². The van der Waals surface area contributed by atoms with E-state index in [-0.39, 0.29) is 11.5 Å². The van der Waals surface area contributed by atoms with Crippen LogP contribution in [-0.2, 0) is 4.79 Å². The van der Waals surface area contributed by atoms with Crippen LogP contribution in [0.5, 0.6) is 11.5 Å². The highest BCUT2D eigenvalue weighted by atomic mass is 16.3. The maximum atomic E-state index is 11.2. The lowest BCUT2D eigenvalue weighted by Gasteiger charge is -2.06. The Hall–Kier alpha value is -2.88. The van der Waals surface area contributed by atoms with Gasteiger partial charge >= 0.3 is 0 Å². The zero-order valence-corrected chi connectivity index (χ0v) is 10.5. The first-order valence-electron chi connectivity index (χ1n) is 5.91. The van der Waals surface area contributed by atoms with Gasteiger partial charge in [-0.2, -0.15) is 0 Å². The number of fused-ring (bicyclic) bond motifs is 1. The van der Waals surface area contributed by atoms with Crippen molar-refractivity contribution in [3.8, 4) is 11.5 Å². The quantitative estimate of drug-likeness (QED) is 0.720. The van der Waals surface area contributed by atoms with Gasteiger partial charge in [0, 0.05) is 11.6 Å². The molecule has 2 aromatic carbocycles. The van der Waals surface area contributed by atoms with E-state index in [9.17, 15) is 9.59 Å². The van der Waals surface area contributed by atoms with Crippen LogP contribution in [0.25, 0.3) is 6.08 Å². The van der Waals surface area contributed by atoms with Crippen LogP contribution >= 0.6 is 0 Å². The summed E-state index contributed by atoms with van der Waals surface area (Å²) in [5.74, 6) is -0.670. The molecule has 100 valence electrons. The number of carbonyl (C=O) groups excluding carboxylic acids is 2. The fraction of sp³-hybridized carbons (Fsp3) is 0. The molecule has 0 saturated heterocycles. The first-order chi connectivity index (χ1) is 9.58. The third-order valence-corrected chi connectivity index (χ3v) is 2.67. The fourth-order valence-corrected chi connectivity index (χ4v) is 1.72. The van der Waals surface area contributed by atoms with Crippen LogP contribution < -0.4 is 0 Å². The molecule has 20 heavy (non-hydrogen) atoms. The van der Waals surface area contributed by atoms with Gasteiger partial charge in [0.2, 0.25) is 11.6 Å². The molecule has 0 unspecified atom stereocenters. The van der Waals surface area contributed by atoms with E-state index in [0.29, 0.717) is 5.56 Å². The summed E-state index contributed by atoms with van der Waals surface area (Å²) >= 11 is 0. The average molecular weight is 268 g/mol. The highest BCUT2D eigenvalue weighted by Crippen LogP contribution is 2.16. The number of phenolic OH excluding ortho intramolecular Hbond substituents is 2. The second-order valence-electron chi connectivity index (χ2n) is 4.13. The molecule has 2 aromatic rings. The van der Waals surface area contributed by atoms with Crippen LogP contribution in [-0.4, -0.2) is 21.8 Å². The molecular formula is C16H12O4. The standard InChI is InChI=1S/C10H6O2.C6H6O2/c11-9-6-5-7-3-1-2-4-8(7)10(9)12;7-5-2-1-3-6(8)4-5/h1-6H;1-4,7-8H. The number of rotatable bonds is 0. The maximum absolute atomic E-state index is 11.2. The lowest BCUT2D eigenvalue weighted by Crippen LogP contribution is -2.15. The highest BCUT2D eigenvalue weighted by molar-refractivity contribution is 6.49.